The molecule has 0 aromatic carbocycles. The zero-order valence-corrected chi connectivity index (χ0v) is 23.1. The first kappa shape index (κ1) is 29.6. The Kier molecular flexibility index (Phi) is 8.94. The number of aromatic hydroxyl groups is 1. The van der Waals surface area contributed by atoms with Crippen molar-refractivity contribution in [2.75, 3.05) is 30.7 Å². The van der Waals surface area contributed by atoms with E-state index in [9.17, 15) is 39.0 Å². The maximum atomic E-state index is 13.0. The lowest BCUT2D eigenvalue weighted by molar-refractivity contribution is -0.150. The molecule has 0 aliphatic carbocycles. The number of H-pyrrole nitrogens is 1. The van der Waals surface area contributed by atoms with Gasteiger partial charge in [0, 0.05) is 29.0 Å². The number of carboxylic acid groups (broad SMARTS) is 1. The summed E-state index contributed by atoms with van der Waals surface area (Å²) >= 11 is 7.59. The number of aromatic amines is 1. The van der Waals surface area contributed by atoms with Gasteiger partial charge in [0.1, 0.15) is 48.1 Å². The molecule has 0 spiro atoms. The van der Waals surface area contributed by atoms with Gasteiger partial charge in [0.25, 0.3) is 11.8 Å². The number of fused-ring (bicyclic) bond motifs is 1. The zero-order chi connectivity index (χ0) is 29.8. The molecule has 216 valence electrons. The van der Waals surface area contributed by atoms with Crippen LogP contribution >= 0.6 is 34.7 Å². The van der Waals surface area contributed by atoms with Crippen molar-refractivity contribution in [1.29, 1.82) is 0 Å². The number of esters is 1. The number of β-lactam (4-membered cyclic amide) rings is 1. The van der Waals surface area contributed by atoms with Crippen LogP contribution in [-0.4, -0.2) is 97.2 Å². The molecule has 5 N–H and O–H groups in total. The summed E-state index contributed by atoms with van der Waals surface area (Å²) in [6, 6.07) is -0.296. The van der Waals surface area contributed by atoms with Crippen LogP contribution < -0.4 is 16.1 Å². The summed E-state index contributed by atoms with van der Waals surface area (Å²) in [5.74, 6) is -5.38. The van der Waals surface area contributed by atoms with Gasteiger partial charge < -0.3 is 35.4 Å². The second kappa shape index (κ2) is 12.4. The van der Waals surface area contributed by atoms with Crippen LogP contribution in [0.1, 0.15) is 16.2 Å². The predicted molar refractivity (Wildman–Crippen MR) is 144 cm³/mol. The van der Waals surface area contributed by atoms with E-state index in [2.05, 4.69) is 25.8 Å². The Morgan fingerprint density at radius 3 is 2.73 bits per heavy atom. The van der Waals surface area contributed by atoms with E-state index in [0.717, 1.165) is 40.3 Å². The SMILES string of the molecule is CO/N=C(\C(=O)N[C@@H]1C(=O)N2C(C(=O)O)=C(COC(=O)c3cc(=O)c(O)c[nH]3)CS[C@H]12)c1csc(NC(=O)CCl)n1. The minimum absolute atomic E-state index is 0.0383. The Hall–Kier alpha value is -4.42. The molecular formula is C22H19ClN6O10S2. The lowest BCUT2D eigenvalue weighted by Gasteiger charge is -2.49. The Morgan fingerprint density at radius 2 is 2.07 bits per heavy atom. The number of hydrogen-bond donors (Lipinski definition) is 5. The van der Waals surface area contributed by atoms with E-state index in [-0.39, 0.29) is 39.4 Å². The van der Waals surface area contributed by atoms with Gasteiger partial charge in [-0.3, -0.25) is 24.1 Å². The van der Waals surface area contributed by atoms with Crippen molar-refractivity contribution < 1.29 is 43.8 Å². The maximum Gasteiger partial charge on any atom is 0.355 e. The van der Waals surface area contributed by atoms with Crippen molar-refractivity contribution in [1.82, 2.24) is 20.2 Å². The van der Waals surface area contributed by atoms with Crippen LogP contribution in [-0.2, 0) is 28.8 Å². The fourth-order valence-corrected chi connectivity index (χ4v) is 5.81. The maximum absolute atomic E-state index is 13.0. The van der Waals surface area contributed by atoms with Gasteiger partial charge in [-0.25, -0.2) is 14.6 Å². The monoisotopic (exact) mass is 626 g/mol. The number of halogens is 1. The summed E-state index contributed by atoms with van der Waals surface area (Å²) in [4.78, 5) is 85.6. The minimum atomic E-state index is -1.45. The summed E-state index contributed by atoms with van der Waals surface area (Å²) in [7, 11) is 1.20. The number of aromatic nitrogens is 2. The summed E-state index contributed by atoms with van der Waals surface area (Å²) in [6.07, 6.45) is 0.907. The Balaban J connectivity index is 1.46. The minimum Gasteiger partial charge on any atom is -0.503 e. The summed E-state index contributed by atoms with van der Waals surface area (Å²) in [5, 5.41) is 28.5. The first-order valence-electron chi connectivity index (χ1n) is 11.3. The molecule has 0 bridgehead atoms. The number of aliphatic carboxylic acids is 1. The van der Waals surface area contributed by atoms with Gasteiger partial charge in [-0.2, -0.15) is 0 Å². The largest absolute Gasteiger partial charge is 0.503 e. The molecule has 41 heavy (non-hydrogen) atoms. The molecular weight excluding hydrogens is 608 g/mol. The van der Waals surface area contributed by atoms with Crippen LogP contribution in [0.4, 0.5) is 5.13 Å². The molecule has 0 saturated carbocycles. The van der Waals surface area contributed by atoms with Crippen LogP contribution in [0.2, 0.25) is 0 Å². The third kappa shape index (κ3) is 6.18. The fourth-order valence-electron chi connectivity index (χ4n) is 3.70. The van der Waals surface area contributed by atoms with Gasteiger partial charge in [-0.1, -0.05) is 5.16 Å². The van der Waals surface area contributed by atoms with Gasteiger partial charge in [0.05, 0.1) is 0 Å². The first-order valence-corrected chi connectivity index (χ1v) is 13.7. The van der Waals surface area contributed by atoms with E-state index < -0.39 is 64.6 Å². The van der Waals surface area contributed by atoms with Crippen LogP contribution in [0.5, 0.6) is 5.75 Å². The normalized spacial score (nSPS) is 18.2. The van der Waals surface area contributed by atoms with Crippen molar-refractivity contribution in [3.05, 3.63) is 50.5 Å². The highest BCUT2D eigenvalue weighted by atomic mass is 35.5. The number of ether oxygens (including phenoxy) is 1. The third-order valence-corrected chi connectivity index (χ3v) is 7.88. The number of carbonyl (C=O) groups is 5. The number of oxime groups is 1. The van der Waals surface area contributed by atoms with Gasteiger partial charge in [0.2, 0.25) is 11.3 Å². The highest BCUT2D eigenvalue weighted by Gasteiger charge is 2.54. The van der Waals surface area contributed by atoms with Gasteiger partial charge in [-0.15, -0.1) is 34.7 Å². The molecule has 2 aliphatic heterocycles. The van der Waals surface area contributed by atoms with E-state index in [0.29, 0.717) is 0 Å². The van der Waals surface area contributed by atoms with E-state index in [4.69, 9.17) is 21.2 Å². The van der Waals surface area contributed by atoms with E-state index >= 15 is 0 Å². The van der Waals surface area contributed by atoms with Crippen molar-refractivity contribution in [2.24, 2.45) is 5.16 Å². The smallest absolute Gasteiger partial charge is 0.355 e. The molecule has 19 heteroatoms. The van der Waals surface area contributed by atoms with Crippen LogP contribution in [0, 0.1) is 0 Å². The molecule has 2 atom stereocenters. The van der Waals surface area contributed by atoms with Gasteiger partial charge in [-0.05, 0) is 0 Å². The number of pyridine rings is 1. The van der Waals surface area contributed by atoms with Gasteiger partial charge in [0.15, 0.2) is 16.6 Å². The number of amides is 3. The first-order chi connectivity index (χ1) is 19.5. The average molecular weight is 627 g/mol. The van der Waals surface area contributed by atoms with Crippen LogP contribution in [0.15, 0.2) is 38.9 Å². The number of carbonyl (C=O) groups excluding carboxylic acids is 4. The zero-order valence-electron chi connectivity index (χ0n) is 20.7. The third-order valence-electron chi connectivity index (χ3n) is 5.54. The lowest BCUT2D eigenvalue weighted by Crippen LogP contribution is -2.71. The van der Waals surface area contributed by atoms with E-state index in [1.807, 2.05) is 0 Å². The Morgan fingerprint density at radius 1 is 1.32 bits per heavy atom. The lowest BCUT2D eigenvalue weighted by atomic mass is 10.0. The molecule has 2 aromatic heterocycles. The molecule has 0 unspecified atom stereocenters. The second-order valence-corrected chi connectivity index (χ2v) is 10.4. The number of alkyl halides is 1. The summed E-state index contributed by atoms with van der Waals surface area (Å²) in [5.41, 5.74) is -1.62. The number of anilines is 1. The van der Waals surface area contributed by atoms with Crippen LogP contribution in [0.3, 0.4) is 0 Å². The number of thioether (sulfide) groups is 1. The second-order valence-electron chi connectivity index (χ2n) is 8.13. The van der Waals surface area contributed by atoms with Crippen molar-refractivity contribution in [3.8, 4) is 5.75 Å². The van der Waals surface area contributed by atoms with Gasteiger partial charge >= 0.3 is 11.9 Å². The number of carboxylic acids is 1. The fraction of sp³-hybridized carbons (Fsp3) is 0.273. The Bertz CT molecular complexity index is 1550. The standard InChI is InChI=1S/C22H19ClN6O10S2/c1-38-28-14(10-7-41-22(25-10)26-13(32)3-23)17(33)27-15-18(34)29-16(20(35)36)8(6-40-19(15)29)5-39-21(37)9-2-11(30)12(31)4-24-9/h2,4,7,15,19,31H,3,5-6H2,1H3,(H,24,30)(H,27,33)(H,35,36)(H,25,26,32)/b28-14-/t15-,19-/m1/s1. The van der Waals surface area contributed by atoms with Crippen molar-refractivity contribution >= 4 is 75.2 Å². The molecule has 16 nitrogen and oxygen atoms in total. The topological polar surface area (TPSA) is 230 Å². The van der Waals surface area contributed by atoms with Crippen molar-refractivity contribution in [2.45, 2.75) is 11.4 Å². The predicted octanol–water partition coefficient (Wildman–Crippen LogP) is -0.340. The van der Waals surface area contributed by atoms with E-state index in [1.54, 1.807) is 0 Å². The number of rotatable bonds is 10. The molecule has 2 aliphatic rings. The highest BCUT2D eigenvalue weighted by Crippen LogP contribution is 2.40. The number of nitrogens with one attached hydrogen (secondary N) is 3. The number of nitrogens with zero attached hydrogens (tertiary/aromatic N) is 3. The molecule has 4 heterocycles. The van der Waals surface area contributed by atoms with E-state index in [1.165, 1.54) is 12.5 Å². The Labute approximate surface area is 242 Å². The highest BCUT2D eigenvalue weighted by molar-refractivity contribution is 8.00. The molecule has 2 aromatic rings. The molecule has 1 saturated heterocycles. The molecule has 3 amide bonds. The molecule has 4 rings (SSSR count). The number of thiazole rings is 1. The van der Waals surface area contributed by atoms with Crippen molar-refractivity contribution in [3.63, 3.8) is 0 Å². The molecule has 0 radical (unpaired) electrons. The average Bonchev–Trinajstić information content (AvgIpc) is 3.41. The molecule has 1 fully saturated rings. The quantitative estimate of drug-likeness (QED) is 0.0750. The summed E-state index contributed by atoms with van der Waals surface area (Å²) < 4.78 is 5.12. The number of hydrogen-bond acceptors (Lipinski definition) is 13. The summed E-state index contributed by atoms with van der Waals surface area (Å²) in [6.45, 7) is -0.499. The van der Waals surface area contributed by atoms with Crippen LogP contribution in [0.25, 0.3) is 0 Å².